The molecule has 0 aliphatic carbocycles. The van der Waals surface area contributed by atoms with Gasteiger partial charge in [-0.2, -0.15) is 13.2 Å². The van der Waals surface area contributed by atoms with Crippen LogP contribution in [0.1, 0.15) is 16.7 Å². The Hall–Kier alpha value is -2.08. The molecule has 0 spiro atoms. The summed E-state index contributed by atoms with van der Waals surface area (Å²) in [5.41, 5.74) is 1.16. The molecule has 1 aromatic carbocycles. The number of aliphatic imine (C=N–C) groups is 1. The Labute approximate surface area is 204 Å². The van der Waals surface area contributed by atoms with Gasteiger partial charge in [-0.3, -0.25) is 4.99 Å². The van der Waals surface area contributed by atoms with Gasteiger partial charge in [-0.1, -0.05) is 18.2 Å². The maximum Gasteiger partial charge on any atom is 0.416 e. The van der Waals surface area contributed by atoms with Crippen molar-refractivity contribution in [1.82, 2.24) is 20.1 Å². The molecule has 1 N–H and O–H groups in total. The van der Waals surface area contributed by atoms with E-state index in [2.05, 4.69) is 38.2 Å². The van der Waals surface area contributed by atoms with Crippen LogP contribution in [0, 0.1) is 0 Å². The predicted octanol–water partition coefficient (Wildman–Crippen LogP) is 3.68. The van der Waals surface area contributed by atoms with Gasteiger partial charge in [-0.05, 0) is 36.4 Å². The molecule has 176 valence electrons. The summed E-state index contributed by atoms with van der Waals surface area (Å²) >= 11 is 0. The molecular formula is C22H30F3IN6. The maximum absolute atomic E-state index is 12.7. The number of halogens is 4. The summed E-state index contributed by atoms with van der Waals surface area (Å²) in [5.74, 6) is 1.64. The Morgan fingerprint density at radius 1 is 1.06 bits per heavy atom. The van der Waals surface area contributed by atoms with Crippen LogP contribution in [-0.2, 0) is 19.3 Å². The molecule has 0 amide bonds. The molecule has 2 aromatic rings. The minimum absolute atomic E-state index is 0. The lowest BCUT2D eigenvalue weighted by Crippen LogP contribution is -2.44. The van der Waals surface area contributed by atoms with Gasteiger partial charge in [0.25, 0.3) is 0 Å². The first-order chi connectivity index (χ1) is 14.8. The van der Waals surface area contributed by atoms with Crippen LogP contribution in [0.2, 0.25) is 0 Å². The number of nitrogens with zero attached hydrogens (tertiary/aromatic N) is 5. The number of hydrogen-bond acceptors (Lipinski definition) is 4. The molecule has 32 heavy (non-hydrogen) atoms. The standard InChI is InChI=1S/C22H29F3N6.HI/c1-26-21(30(3)16-17-4-7-19(8-5-17)22(23,24)25)28-15-18-6-9-20(27-14-18)31-12-10-29(2)11-13-31;/h4-9,14H,10-13,15-16H2,1-3H3,(H,26,28);1H. The summed E-state index contributed by atoms with van der Waals surface area (Å²) in [6.45, 7) is 5.02. The smallest absolute Gasteiger partial charge is 0.354 e. The second-order valence-electron chi connectivity index (χ2n) is 7.77. The van der Waals surface area contributed by atoms with Crippen molar-refractivity contribution in [2.24, 2.45) is 4.99 Å². The van der Waals surface area contributed by atoms with E-state index < -0.39 is 11.7 Å². The van der Waals surface area contributed by atoms with Crippen LogP contribution < -0.4 is 10.2 Å². The summed E-state index contributed by atoms with van der Waals surface area (Å²) in [5, 5.41) is 3.28. The summed E-state index contributed by atoms with van der Waals surface area (Å²) in [6.07, 6.45) is -2.46. The largest absolute Gasteiger partial charge is 0.416 e. The summed E-state index contributed by atoms with van der Waals surface area (Å²) < 4.78 is 38.2. The van der Waals surface area contributed by atoms with Gasteiger partial charge in [-0.15, -0.1) is 24.0 Å². The highest BCUT2D eigenvalue weighted by atomic mass is 127. The maximum atomic E-state index is 12.7. The van der Waals surface area contributed by atoms with Crippen LogP contribution >= 0.6 is 24.0 Å². The molecule has 1 aliphatic rings. The molecule has 0 bridgehead atoms. The van der Waals surface area contributed by atoms with Crippen molar-refractivity contribution in [3.05, 3.63) is 59.3 Å². The Morgan fingerprint density at radius 3 is 2.22 bits per heavy atom. The molecule has 0 atom stereocenters. The van der Waals surface area contributed by atoms with E-state index >= 15 is 0 Å². The zero-order valence-corrected chi connectivity index (χ0v) is 20.9. The first kappa shape index (κ1) is 26.2. The van der Waals surface area contributed by atoms with Crippen molar-refractivity contribution in [3.63, 3.8) is 0 Å². The van der Waals surface area contributed by atoms with Gasteiger partial charge >= 0.3 is 6.18 Å². The van der Waals surface area contributed by atoms with E-state index in [9.17, 15) is 13.2 Å². The number of aromatic nitrogens is 1. The minimum Gasteiger partial charge on any atom is -0.354 e. The molecule has 1 fully saturated rings. The number of guanidine groups is 1. The number of hydrogen-bond donors (Lipinski definition) is 1. The molecule has 10 heteroatoms. The fourth-order valence-corrected chi connectivity index (χ4v) is 3.46. The molecule has 3 rings (SSSR count). The van der Waals surface area contributed by atoms with Crippen LogP contribution in [-0.4, -0.2) is 68.1 Å². The number of nitrogens with one attached hydrogen (secondary N) is 1. The normalized spacial score (nSPS) is 15.3. The second-order valence-corrected chi connectivity index (χ2v) is 7.77. The molecule has 6 nitrogen and oxygen atoms in total. The van der Waals surface area contributed by atoms with E-state index in [4.69, 9.17) is 0 Å². The van der Waals surface area contributed by atoms with Crippen LogP contribution in [0.15, 0.2) is 47.6 Å². The van der Waals surface area contributed by atoms with Gasteiger partial charge in [0, 0.05) is 59.6 Å². The van der Waals surface area contributed by atoms with Crippen LogP contribution in [0.4, 0.5) is 19.0 Å². The average Bonchev–Trinajstić information content (AvgIpc) is 2.75. The fraction of sp³-hybridized carbons (Fsp3) is 0.455. The van der Waals surface area contributed by atoms with Crippen molar-refractivity contribution in [1.29, 1.82) is 0 Å². The fourth-order valence-electron chi connectivity index (χ4n) is 3.46. The molecular weight excluding hydrogens is 532 g/mol. The number of anilines is 1. The zero-order chi connectivity index (χ0) is 22.4. The number of piperazine rings is 1. The van der Waals surface area contributed by atoms with E-state index in [-0.39, 0.29) is 24.0 Å². The third-order valence-electron chi connectivity index (χ3n) is 5.36. The van der Waals surface area contributed by atoms with Crippen molar-refractivity contribution in [3.8, 4) is 0 Å². The second kappa shape index (κ2) is 11.7. The van der Waals surface area contributed by atoms with E-state index in [1.807, 2.05) is 24.2 Å². The van der Waals surface area contributed by atoms with Gasteiger partial charge in [0.2, 0.25) is 0 Å². The van der Waals surface area contributed by atoms with Crippen LogP contribution in [0.5, 0.6) is 0 Å². The lowest BCUT2D eigenvalue weighted by molar-refractivity contribution is -0.137. The van der Waals surface area contributed by atoms with Crippen molar-refractivity contribution >= 4 is 35.8 Å². The topological polar surface area (TPSA) is 47.0 Å². The van der Waals surface area contributed by atoms with Gasteiger partial charge in [0.15, 0.2) is 5.96 Å². The monoisotopic (exact) mass is 562 g/mol. The highest BCUT2D eigenvalue weighted by molar-refractivity contribution is 14.0. The quantitative estimate of drug-likeness (QED) is 0.343. The lowest BCUT2D eigenvalue weighted by Gasteiger charge is -2.33. The van der Waals surface area contributed by atoms with Crippen molar-refractivity contribution in [2.75, 3.05) is 52.2 Å². The highest BCUT2D eigenvalue weighted by Crippen LogP contribution is 2.29. The Kier molecular flexibility index (Phi) is 9.56. The van der Waals surface area contributed by atoms with Crippen LogP contribution in [0.25, 0.3) is 0 Å². The van der Waals surface area contributed by atoms with Gasteiger partial charge in [0.1, 0.15) is 5.82 Å². The molecule has 1 aromatic heterocycles. The van der Waals surface area contributed by atoms with E-state index in [0.29, 0.717) is 19.0 Å². The first-order valence-corrected chi connectivity index (χ1v) is 10.2. The molecule has 2 heterocycles. The van der Waals surface area contributed by atoms with Gasteiger partial charge < -0.3 is 20.0 Å². The lowest BCUT2D eigenvalue weighted by atomic mass is 10.1. The van der Waals surface area contributed by atoms with E-state index in [1.165, 1.54) is 12.1 Å². The van der Waals surface area contributed by atoms with Crippen molar-refractivity contribution in [2.45, 2.75) is 19.3 Å². The number of alkyl halides is 3. The van der Waals surface area contributed by atoms with Gasteiger partial charge in [0.05, 0.1) is 5.56 Å². The highest BCUT2D eigenvalue weighted by Gasteiger charge is 2.30. The van der Waals surface area contributed by atoms with Crippen molar-refractivity contribution < 1.29 is 13.2 Å². The number of benzene rings is 1. The third kappa shape index (κ3) is 7.22. The summed E-state index contributed by atoms with van der Waals surface area (Å²) in [4.78, 5) is 15.3. The zero-order valence-electron chi connectivity index (χ0n) is 18.6. The van der Waals surface area contributed by atoms with Gasteiger partial charge in [-0.25, -0.2) is 4.98 Å². The third-order valence-corrected chi connectivity index (χ3v) is 5.36. The molecule has 1 aliphatic heterocycles. The summed E-state index contributed by atoms with van der Waals surface area (Å²) in [6, 6.07) is 9.29. The Morgan fingerprint density at radius 2 is 1.69 bits per heavy atom. The molecule has 1 saturated heterocycles. The minimum atomic E-state index is -4.32. The number of rotatable bonds is 5. The first-order valence-electron chi connectivity index (χ1n) is 10.2. The molecule has 0 unspecified atom stereocenters. The predicted molar refractivity (Wildman–Crippen MR) is 132 cm³/mol. The van der Waals surface area contributed by atoms with E-state index in [0.717, 1.165) is 55.3 Å². The molecule has 0 saturated carbocycles. The SMILES string of the molecule is CN=C(NCc1ccc(N2CCN(C)CC2)nc1)N(C)Cc1ccc(C(F)(F)F)cc1.I. The van der Waals surface area contributed by atoms with E-state index in [1.54, 1.807) is 7.05 Å². The number of likely N-dealkylation sites (N-methyl/N-ethyl adjacent to an activating group) is 1. The van der Waals surface area contributed by atoms with Crippen LogP contribution in [0.3, 0.4) is 0 Å². The number of pyridine rings is 1. The molecule has 0 radical (unpaired) electrons. The average molecular weight is 562 g/mol. The Bertz CT molecular complexity index is 863. The Balaban J connectivity index is 0.00000363. The summed E-state index contributed by atoms with van der Waals surface area (Å²) in [7, 11) is 5.66.